The molecular formula is C19H13F4N3O3S2. The summed E-state index contributed by atoms with van der Waals surface area (Å²) < 4.78 is 79.1. The Hall–Kier alpha value is -3.25. The van der Waals surface area contributed by atoms with E-state index in [2.05, 4.69) is 15.0 Å². The molecule has 0 atom stereocenters. The first-order valence-corrected chi connectivity index (χ1v) is 10.8. The maximum absolute atomic E-state index is 13.3. The summed E-state index contributed by atoms with van der Waals surface area (Å²) in [5.41, 5.74) is -1.38. The predicted molar refractivity (Wildman–Crippen MR) is 108 cm³/mol. The van der Waals surface area contributed by atoms with E-state index in [0.29, 0.717) is 18.2 Å². The lowest BCUT2D eigenvalue weighted by Crippen LogP contribution is -2.13. The van der Waals surface area contributed by atoms with E-state index >= 15 is 0 Å². The van der Waals surface area contributed by atoms with Gasteiger partial charge in [-0.3, -0.25) is 9.52 Å². The van der Waals surface area contributed by atoms with Crippen molar-refractivity contribution >= 4 is 44.2 Å². The molecule has 1 aromatic heterocycles. The highest BCUT2D eigenvalue weighted by atomic mass is 32.2. The van der Waals surface area contributed by atoms with Crippen LogP contribution in [-0.2, 0) is 21.0 Å². The summed E-state index contributed by atoms with van der Waals surface area (Å²) in [4.78, 5) is 15.8. The summed E-state index contributed by atoms with van der Waals surface area (Å²) in [5, 5.41) is 4.18. The number of aromatic nitrogens is 1. The van der Waals surface area contributed by atoms with Crippen LogP contribution in [0.4, 0.5) is 28.4 Å². The number of halogens is 4. The smallest absolute Gasteiger partial charge is 0.323 e. The third-order valence-electron chi connectivity index (χ3n) is 3.82. The van der Waals surface area contributed by atoms with Crippen molar-refractivity contribution in [3.63, 3.8) is 0 Å². The standard InChI is InChI=1S/C19H13F4N3O3S2/c20-13-2-7-16(19(21,22)23)12(11-13)1-8-17(27)25-14-3-5-15(6-4-14)31(28,29)26-18-24-9-10-30-18/h1-11H,(H,24,26)(H,25,27). The fourth-order valence-electron chi connectivity index (χ4n) is 2.44. The number of carbonyl (C=O) groups excluding carboxylic acids is 1. The van der Waals surface area contributed by atoms with Gasteiger partial charge in [0.2, 0.25) is 5.91 Å². The second-order valence-corrected chi connectivity index (χ2v) is 8.60. The monoisotopic (exact) mass is 471 g/mol. The molecule has 0 aliphatic carbocycles. The predicted octanol–water partition coefficient (Wildman–Crippen LogP) is 4.75. The number of hydrogen-bond donors (Lipinski definition) is 2. The Morgan fingerprint density at radius 2 is 1.81 bits per heavy atom. The van der Waals surface area contributed by atoms with Gasteiger partial charge in [-0.1, -0.05) is 0 Å². The van der Waals surface area contributed by atoms with Crippen LogP contribution in [0.15, 0.2) is 65.0 Å². The minimum Gasteiger partial charge on any atom is -0.323 e. The zero-order valence-electron chi connectivity index (χ0n) is 15.4. The van der Waals surface area contributed by atoms with Gasteiger partial charge in [0.1, 0.15) is 5.82 Å². The molecule has 0 spiro atoms. The zero-order valence-corrected chi connectivity index (χ0v) is 17.0. The Bertz CT molecular complexity index is 1210. The molecule has 2 aromatic carbocycles. The van der Waals surface area contributed by atoms with Crippen LogP contribution >= 0.6 is 11.3 Å². The maximum Gasteiger partial charge on any atom is 0.416 e. The number of thiazole rings is 1. The lowest BCUT2D eigenvalue weighted by Gasteiger charge is -2.10. The fraction of sp³-hybridized carbons (Fsp3) is 0.0526. The lowest BCUT2D eigenvalue weighted by molar-refractivity contribution is -0.137. The molecule has 0 radical (unpaired) electrons. The molecule has 1 amide bonds. The Balaban J connectivity index is 1.70. The Kier molecular flexibility index (Phi) is 6.41. The van der Waals surface area contributed by atoms with Crippen LogP contribution in [0.3, 0.4) is 0 Å². The van der Waals surface area contributed by atoms with Crippen molar-refractivity contribution in [2.75, 3.05) is 10.0 Å². The minimum absolute atomic E-state index is 0.0779. The van der Waals surface area contributed by atoms with Crippen LogP contribution < -0.4 is 10.0 Å². The highest BCUT2D eigenvalue weighted by Crippen LogP contribution is 2.33. The van der Waals surface area contributed by atoms with Gasteiger partial charge in [-0.25, -0.2) is 17.8 Å². The molecule has 3 rings (SSSR count). The van der Waals surface area contributed by atoms with Crippen molar-refractivity contribution in [2.45, 2.75) is 11.1 Å². The molecule has 12 heteroatoms. The molecule has 162 valence electrons. The maximum atomic E-state index is 13.3. The number of nitrogens with one attached hydrogen (secondary N) is 2. The third kappa shape index (κ3) is 5.89. The molecule has 0 aliphatic heterocycles. The number of anilines is 2. The van der Waals surface area contributed by atoms with Gasteiger partial charge in [0.25, 0.3) is 10.0 Å². The van der Waals surface area contributed by atoms with Crippen LogP contribution in [0.25, 0.3) is 6.08 Å². The van der Waals surface area contributed by atoms with Crippen LogP contribution in [0, 0.1) is 5.82 Å². The van der Waals surface area contributed by atoms with Gasteiger partial charge < -0.3 is 5.32 Å². The number of nitrogens with zero attached hydrogens (tertiary/aromatic N) is 1. The van der Waals surface area contributed by atoms with E-state index in [-0.39, 0.29) is 15.7 Å². The van der Waals surface area contributed by atoms with Gasteiger partial charge in [-0.15, -0.1) is 11.3 Å². The summed E-state index contributed by atoms with van der Waals surface area (Å²) in [5.74, 6) is -1.66. The molecule has 0 aliphatic rings. The first-order valence-electron chi connectivity index (χ1n) is 8.43. The fourth-order valence-corrected chi connectivity index (χ4v) is 4.23. The molecule has 0 unspecified atom stereocenters. The second-order valence-electron chi connectivity index (χ2n) is 6.02. The van der Waals surface area contributed by atoms with Gasteiger partial charge in [0.15, 0.2) is 5.13 Å². The van der Waals surface area contributed by atoms with E-state index < -0.39 is 39.1 Å². The molecule has 31 heavy (non-hydrogen) atoms. The van der Waals surface area contributed by atoms with Gasteiger partial charge in [0.05, 0.1) is 10.5 Å². The SMILES string of the molecule is O=C(C=Cc1cc(F)ccc1C(F)(F)F)Nc1ccc(S(=O)(=O)Nc2nccs2)cc1. The van der Waals surface area contributed by atoms with E-state index in [0.717, 1.165) is 23.5 Å². The van der Waals surface area contributed by atoms with Gasteiger partial charge >= 0.3 is 6.18 Å². The number of amides is 1. The van der Waals surface area contributed by atoms with Crippen LogP contribution in [-0.4, -0.2) is 19.3 Å². The highest BCUT2D eigenvalue weighted by molar-refractivity contribution is 7.93. The Morgan fingerprint density at radius 1 is 1.10 bits per heavy atom. The average Bonchev–Trinajstić information content (AvgIpc) is 3.18. The quantitative estimate of drug-likeness (QED) is 0.401. The number of sulfonamides is 1. The lowest BCUT2D eigenvalue weighted by atomic mass is 10.1. The Labute approximate surface area is 178 Å². The largest absolute Gasteiger partial charge is 0.416 e. The molecule has 0 bridgehead atoms. The van der Waals surface area contributed by atoms with Crippen molar-refractivity contribution in [3.05, 3.63) is 77.1 Å². The summed E-state index contributed by atoms with van der Waals surface area (Å²) in [6, 6.07) is 7.04. The molecule has 6 nitrogen and oxygen atoms in total. The summed E-state index contributed by atoms with van der Waals surface area (Å²) >= 11 is 1.10. The van der Waals surface area contributed by atoms with E-state index in [1.54, 1.807) is 5.38 Å². The molecule has 1 heterocycles. The molecule has 2 N–H and O–H groups in total. The summed E-state index contributed by atoms with van der Waals surface area (Å²) in [6.45, 7) is 0. The van der Waals surface area contributed by atoms with E-state index in [1.807, 2.05) is 0 Å². The average molecular weight is 471 g/mol. The van der Waals surface area contributed by atoms with Crippen molar-refractivity contribution in [2.24, 2.45) is 0 Å². The van der Waals surface area contributed by atoms with Crippen LogP contribution in [0.1, 0.15) is 11.1 Å². The van der Waals surface area contributed by atoms with E-state index in [9.17, 15) is 30.8 Å². The van der Waals surface area contributed by atoms with Crippen molar-refractivity contribution in [1.29, 1.82) is 0 Å². The first kappa shape index (κ1) is 22.4. The molecule has 0 saturated carbocycles. The molecule has 0 fully saturated rings. The normalized spacial score (nSPS) is 12.1. The number of benzene rings is 2. The number of alkyl halides is 3. The summed E-state index contributed by atoms with van der Waals surface area (Å²) in [7, 11) is -3.87. The van der Waals surface area contributed by atoms with Crippen molar-refractivity contribution in [1.82, 2.24) is 4.98 Å². The number of hydrogen-bond acceptors (Lipinski definition) is 5. The van der Waals surface area contributed by atoms with Crippen molar-refractivity contribution < 1.29 is 30.8 Å². The summed E-state index contributed by atoms with van der Waals surface area (Å²) in [6.07, 6.45) is -1.61. The Morgan fingerprint density at radius 3 is 2.42 bits per heavy atom. The van der Waals surface area contributed by atoms with Crippen molar-refractivity contribution in [3.8, 4) is 0 Å². The minimum atomic E-state index is -4.71. The van der Waals surface area contributed by atoms with Gasteiger partial charge in [-0.2, -0.15) is 13.2 Å². The van der Waals surface area contributed by atoms with Gasteiger partial charge in [-0.05, 0) is 54.1 Å². The number of rotatable bonds is 6. The van der Waals surface area contributed by atoms with Gasteiger partial charge in [0, 0.05) is 23.3 Å². The van der Waals surface area contributed by atoms with E-state index in [1.165, 1.54) is 30.5 Å². The second kappa shape index (κ2) is 8.86. The molecule has 0 saturated heterocycles. The topological polar surface area (TPSA) is 88.2 Å². The highest BCUT2D eigenvalue weighted by Gasteiger charge is 2.32. The van der Waals surface area contributed by atoms with E-state index in [4.69, 9.17) is 0 Å². The molecule has 3 aromatic rings. The van der Waals surface area contributed by atoms with Crippen LogP contribution in [0.2, 0.25) is 0 Å². The third-order valence-corrected chi connectivity index (χ3v) is 5.99. The number of carbonyl (C=O) groups is 1. The molecular weight excluding hydrogens is 458 g/mol. The van der Waals surface area contributed by atoms with Crippen LogP contribution in [0.5, 0.6) is 0 Å². The zero-order chi connectivity index (χ0) is 22.6. The first-order chi connectivity index (χ1) is 14.5.